The van der Waals surface area contributed by atoms with Gasteiger partial charge >= 0.3 is 7.60 Å². The molecule has 0 aromatic heterocycles. The summed E-state index contributed by atoms with van der Waals surface area (Å²) in [6.07, 6.45) is 0.772. The second-order valence-electron chi connectivity index (χ2n) is 6.08. The third kappa shape index (κ3) is 6.28. The molecular weight excluding hydrogens is 449 g/mol. The van der Waals surface area contributed by atoms with Gasteiger partial charge in [0, 0.05) is 18.1 Å². The van der Waals surface area contributed by atoms with Crippen molar-refractivity contribution < 1.29 is 18.5 Å². The topological polar surface area (TPSA) is 78.7 Å². The molecule has 6 nitrogen and oxygen atoms in total. The van der Waals surface area contributed by atoms with Gasteiger partial charge in [0.25, 0.3) is 5.69 Å². The Balaban J connectivity index is 2.61. The van der Waals surface area contributed by atoms with E-state index in [4.69, 9.17) is 9.05 Å². The third-order valence-corrected chi connectivity index (χ3v) is 10.8. The number of rotatable bonds is 11. The highest BCUT2D eigenvalue weighted by Crippen LogP contribution is 2.68. The lowest BCUT2D eigenvalue weighted by molar-refractivity contribution is -0.384. The molecule has 2 rings (SSSR count). The number of benzene rings is 1. The highest BCUT2D eigenvalue weighted by atomic mass is 32.2. The van der Waals surface area contributed by atoms with E-state index in [1.807, 2.05) is 25.6 Å². The van der Waals surface area contributed by atoms with Crippen LogP contribution in [0.15, 0.2) is 33.8 Å². The van der Waals surface area contributed by atoms with Crippen LogP contribution in [0.1, 0.15) is 45.6 Å². The van der Waals surface area contributed by atoms with Gasteiger partial charge in [0.05, 0.1) is 32.3 Å². The van der Waals surface area contributed by atoms with Gasteiger partial charge in [-0.1, -0.05) is 26.0 Å². The van der Waals surface area contributed by atoms with Crippen molar-refractivity contribution in [2.75, 3.05) is 24.7 Å². The highest BCUT2D eigenvalue weighted by molar-refractivity contribution is 8.28. The van der Waals surface area contributed by atoms with Crippen LogP contribution in [0, 0.1) is 10.1 Å². The minimum absolute atomic E-state index is 0.0462. The molecule has 0 spiro atoms. The van der Waals surface area contributed by atoms with Gasteiger partial charge in [0.1, 0.15) is 0 Å². The number of hydrogen-bond acceptors (Lipinski definition) is 8. The molecule has 0 aliphatic carbocycles. The van der Waals surface area contributed by atoms with Crippen LogP contribution in [0.5, 0.6) is 0 Å². The molecule has 162 valence electrons. The highest BCUT2D eigenvalue weighted by Gasteiger charge is 2.43. The van der Waals surface area contributed by atoms with E-state index in [-0.39, 0.29) is 24.8 Å². The van der Waals surface area contributed by atoms with Crippen LogP contribution in [0.3, 0.4) is 0 Å². The van der Waals surface area contributed by atoms with Gasteiger partial charge in [-0.05, 0) is 37.3 Å². The summed E-state index contributed by atoms with van der Waals surface area (Å²) >= 11 is 5.27. The van der Waals surface area contributed by atoms with E-state index in [0.29, 0.717) is 9.90 Å². The maximum absolute atomic E-state index is 13.8. The van der Waals surface area contributed by atoms with E-state index in [1.165, 1.54) is 12.1 Å². The molecule has 1 aliphatic rings. The summed E-state index contributed by atoms with van der Waals surface area (Å²) in [5.74, 6) is 1.67. The van der Waals surface area contributed by atoms with Crippen LogP contribution in [0.25, 0.3) is 0 Å². The van der Waals surface area contributed by atoms with E-state index >= 15 is 0 Å². The lowest BCUT2D eigenvalue weighted by Crippen LogP contribution is -2.18. The molecule has 1 heterocycles. The fourth-order valence-corrected chi connectivity index (χ4v) is 10.2. The first-order chi connectivity index (χ1) is 13.9. The van der Waals surface area contributed by atoms with Crippen molar-refractivity contribution >= 4 is 48.6 Å². The molecule has 0 amide bonds. The number of allylic oxidation sites excluding steroid dienone is 1. The zero-order valence-corrected chi connectivity index (χ0v) is 20.5. The molecule has 1 aromatic carbocycles. The average molecular weight is 478 g/mol. The monoisotopic (exact) mass is 477 g/mol. The molecular formula is C19H28NO5PS3. The van der Waals surface area contributed by atoms with Crippen LogP contribution < -0.4 is 0 Å². The fraction of sp³-hybridized carbons (Fsp3) is 0.579. The lowest BCUT2D eigenvalue weighted by Gasteiger charge is -2.35. The predicted octanol–water partition coefficient (Wildman–Crippen LogP) is 7.08. The molecule has 0 bridgehead atoms. The number of nitro groups is 1. The Morgan fingerprint density at radius 3 is 2.24 bits per heavy atom. The van der Waals surface area contributed by atoms with Gasteiger partial charge < -0.3 is 9.05 Å². The summed E-state index contributed by atoms with van der Waals surface area (Å²) in [5, 5.41) is 11.8. The molecule has 0 N–H and O–H groups in total. The molecule has 10 heteroatoms. The second kappa shape index (κ2) is 11.8. The van der Waals surface area contributed by atoms with Gasteiger partial charge in [-0.15, -0.1) is 35.3 Å². The van der Waals surface area contributed by atoms with Crippen LogP contribution >= 0.6 is 42.9 Å². The first-order valence-electron chi connectivity index (χ1n) is 9.69. The summed E-state index contributed by atoms with van der Waals surface area (Å²) in [5.41, 5.74) is 0.950. The number of non-ortho nitro benzene ring substituents is 1. The molecule has 0 saturated heterocycles. The number of hydrogen-bond donors (Lipinski definition) is 0. The van der Waals surface area contributed by atoms with E-state index in [2.05, 4.69) is 13.8 Å². The van der Waals surface area contributed by atoms with Crippen LogP contribution in [-0.4, -0.2) is 34.2 Å². The van der Waals surface area contributed by atoms with E-state index in [9.17, 15) is 14.7 Å². The SMILES string of the molecule is CCOP(=O)(OCC)C1=C(SCC)S[C@@H](SCC)C[C@@H]1c1ccc([N+](=O)[O-])cc1. The minimum atomic E-state index is -3.48. The third-order valence-electron chi connectivity index (χ3n) is 4.23. The average Bonchev–Trinajstić information content (AvgIpc) is 2.68. The van der Waals surface area contributed by atoms with Gasteiger partial charge in [-0.2, -0.15) is 0 Å². The molecule has 2 atom stereocenters. The summed E-state index contributed by atoms with van der Waals surface area (Å²) in [7, 11) is -3.48. The molecule has 0 saturated carbocycles. The molecule has 0 unspecified atom stereocenters. The Labute approximate surface area is 185 Å². The first-order valence-corrected chi connectivity index (χ1v) is 14.1. The van der Waals surface area contributed by atoms with Crippen molar-refractivity contribution in [2.24, 2.45) is 0 Å². The van der Waals surface area contributed by atoms with Gasteiger partial charge in [0.15, 0.2) is 0 Å². The smallest absolute Gasteiger partial charge is 0.306 e. The Kier molecular flexibility index (Phi) is 10.1. The lowest BCUT2D eigenvalue weighted by atomic mass is 9.95. The molecule has 0 radical (unpaired) electrons. The minimum Gasteiger partial charge on any atom is -0.306 e. The summed E-state index contributed by atoms with van der Waals surface area (Å²) in [4.78, 5) is 10.7. The van der Waals surface area contributed by atoms with E-state index in [0.717, 1.165) is 27.7 Å². The van der Waals surface area contributed by atoms with Crippen LogP contribution in [0.4, 0.5) is 5.69 Å². The molecule has 29 heavy (non-hydrogen) atoms. The Bertz CT molecular complexity index is 762. The van der Waals surface area contributed by atoms with Crippen LogP contribution in [0.2, 0.25) is 0 Å². The molecule has 1 aliphatic heterocycles. The fourth-order valence-electron chi connectivity index (χ4n) is 3.14. The quantitative estimate of drug-likeness (QED) is 0.190. The van der Waals surface area contributed by atoms with Gasteiger partial charge in [-0.25, -0.2) is 0 Å². The van der Waals surface area contributed by atoms with Crippen molar-refractivity contribution in [2.45, 2.75) is 44.6 Å². The van der Waals surface area contributed by atoms with Crippen molar-refractivity contribution in [1.29, 1.82) is 0 Å². The molecule has 0 fully saturated rings. The Morgan fingerprint density at radius 1 is 1.14 bits per heavy atom. The van der Waals surface area contributed by atoms with Gasteiger partial charge in [0.2, 0.25) is 0 Å². The number of nitro benzene ring substituents is 1. The summed E-state index contributed by atoms with van der Waals surface area (Å²) in [6, 6.07) is 6.55. The number of nitrogens with zero attached hydrogens (tertiary/aromatic N) is 1. The van der Waals surface area contributed by atoms with Crippen molar-refractivity contribution in [1.82, 2.24) is 0 Å². The number of thioether (sulfide) groups is 3. The maximum atomic E-state index is 13.8. The zero-order chi connectivity index (χ0) is 21.4. The zero-order valence-electron chi connectivity index (χ0n) is 17.2. The van der Waals surface area contributed by atoms with Crippen LogP contribution in [-0.2, 0) is 13.6 Å². The Morgan fingerprint density at radius 2 is 1.76 bits per heavy atom. The van der Waals surface area contributed by atoms with Crippen molar-refractivity contribution in [3.63, 3.8) is 0 Å². The first kappa shape index (κ1) is 24.8. The predicted molar refractivity (Wildman–Crippen MR) is 126 cm³/mol. The van der Waals surface area contributed by atoms with E-state index < -0.39 is 12.5 Å². The standard InChI is InChI=1S/C19H28NO5PS3/c1-5-24-26(23,25-6-2)18-16(14-9-11-15(12-10-14)20(21)22)13-17(27-7-3)29-19(18)28-8-4/h9-12,16-17H,5-8,13H2,1-4H3/t16-,17-/m1/s1. The van der Waals surface area contributed by atoms with Crippen molar-refractivity contribution in [3.8, 4) is 0 Å². The summed E-state index contributed by atoms with van der Waals surface area (Å²) < 4.78 is 26.6. The Hall–Kier alpha value is -0.440. The largest absolute Gasteiger partial charge is 0.359 e. The van der Waals surface area contributed by atoms with E-state index in [1.54, 1.807) is 35.7 Å². The van der Waals surface area contributed by atoms with Crippen molar-refractivity contribution in [3.05, 3.63) is 49.5 Å². The molecule has 1 aromatic rings. The summed E-state index contributed by atoms with van der Waals surface area (Å²) in [6.45, 7) is 8.39. The van der Waals surface area contributed by atoms with Gasteiger partial charge in [-0.3, -0.25) is 14.7 Å². The maximum Gasteiger partial charge on any atom is 0.359 e. The normalized spacial score (nSPS) is 20.1. The second-order valence-corrected chi connectivity index (χ2v) is 12.6.